The number of likely N-dealkylation sites (tertiary alicyclic amines) is 1. The summed E-state index contributed by atoms with van der Waals surface area (Å²) in [6, 6.07) is 12.6. The van der Waals surface area contributed by atoms with E-state index in [0.717, 1.165) is 19.3 Å². The third-order valence-electron chi connectivity index (χ3n) is 7.96. The van der Waals surface area contributed by atoms with E-state index >= 15 is 0 Å². The smallest absolute Gasteiger partial charge is 0.321 e. The van der Waals surface area contributed by atoms with Crippen molar-refractivity contribution in [2.24, 2.45) is 5.41 Å². The molecule has 6 nitrogen and oxygen atoms in total. The molecule has 8 heteroatoms. The van der Waals surface area contributed by atoms with Gasteiger partial charge in [0, 0.05) is 25.0 Å². The zero-order valence-corrected chi connectivity index (χ0v) is 20.8. The minimum Gasteiger partial charge on any atom is -0.369 e. The SMILES string of the molecule is Cc1ccc2c(c1)CC1=C2C2(CCN(C(=O)Nc3ccccc3F)CC2)CN2C(=O)COC[C@H]12.S. The summed E-state index contributed by atoms with van der Waals surface area (Å²) >= 11 is 0. The van der Waals surface area contributed by atoms with E-state index in [1.165, 1.54) is 33.9 Å². The van der Waals surface area contributed by atoms with Crippen LogP contribution in [-0.2, 0) is 16.0 Å². The Morgan fingerprint density at radius 3 is 2.71 bits per heavy atom. The van der Waals surface area contributed by atoms with E-state index in [2.05, 4.69) is 30.4 Å². The Labute approximate surface area is 211 Å². The molecule has 1 atom stereocenters. The maximum absolute atomic E-state index is 14.0. The number of fused-ring (bicyclic) bond motifs is 5. The van der Waals surface area contributed by atoms with Crippen LogP contribution in [0.15, 0.2) is 48.0 Å². The molecule has 35 heavy (non-hydrogen) atoms. The lowest BCUT2D eigenvalue weighted by molar-refractivity contribution is -0.149. The van der Waals surface area contributed by atoms with Gasteiger partial charge < -0.3 is 19.9 Å². The van der Waals surface area contributed by atoms with Crippen molar-refractivity contribution in [3.63, 3.8) is 0 Å². The number of rotatable bonds is 1. The van der Waals surface area contributed by atoms with Gasteiger partial charge in [0.25, 0.3) is 0 Å². The molecular weight excluding hydrogens is 465 g/mol. The molecule has 1 N–H and O–H groups in total. The van der Waals surface area contributed by atoms with Crippen LogP contribution in [0.25, 0.3) is 5.57 Å². The number of morpholine rings is 1. The number of carbonyl (C=O) groups excluding carboxylic acids is 2. The highest BCUT2D eigenvalue weighted by atomic mass is 32.1. The standard InChI is InChI=1S/C27H28FN3O3.H2S/c1-17-6-7-19-18(12-17)13-20-23-14-34-15-24(32)31(23)16-27(25(19)20)8-10-30(11-9-27)26(33)29-22-5-3-2-4-21(22)28;/h2-7,12,23H,8-11,13-16H2,1H3,(H,29,33);1H2/t23-;/m1./s1. The molecule has 6 rings (SSSR count). The van der Waals surface area contributed by atoms with E-state index in [9.17, 15) is 14.0 Å². The normalized spacial score (nSPS) is 22.3. The first kappa shape index (κ1) is 23.9. The van der Waals surface area contributed by atoms with Crippen LogP contribution < -0.4 is 5.32 Å². The minimum atomic E-state index is -0.443. The fraction of sp³-hybridized carbons (Fsp3) is 0.407. The van der Waals surface area contributed by atoms with Crippen molar-refractivity contribution in [2.45, 2.75) is 32.2 Å². The molecule has 0 radical (unpaired) electrons. The van der Waals surface area contributed by atoms with Gasteiger partial charge in [-0.05, 0) is 60.6 Å². The predicted molar refractivity (Wildman–Crippen MR) is 137 cm³/mol. The highest BCUT2D eigenvalue weighted by Crippen LogP contribution is 2.55. The summed E-state index contributed by atoms with van der Waals surface area (Å²) in [5.41, 5.74) is 6.54. The monoisotopic (exact) mass is 495 g/mol. The number of hydrogen-bond donors (Lipinski definition) is 1. The molecular formula is C27H30FN3O3S. The summed E-state index contributed by atoms with van der Waals surface area (Å²) in [6.45, 7) is 4.57. The number of para-hydroxylation sites is 1. The molecule has 2 fully saturated rings. The Hall–Kier alpha value is -2.84. The molecule has 4 aliphatic rings. The summed E-state index contributed by atoms with van der Waals surface area (Å²) in [4.78, 5) is 29.5. The van der Waals surface area contributed by atoms with Crippen LogP contribution in [0.2, 0.25) is 0 Å². The van der Waals surface area contributed by atoms with Crippen molar-refractivity contribution in [3.05, 3.63) is 70.5 Å². The second kappa shape index (κ2) is 8.99. The Morgan fingerprint density at radius 1 is 1.17 bits per heavy atom. The zero-order valence-electron chi connectivity index (χ0n) is 19.8. The molecule has 0 unspecified atom stereocenters. The van der Waals surface area contributed by atoms with Crippen LogP contribution in [0.1, 0.15) is 29.5 Å². The third-order valence-corrected chi connectivity index (χ3v) is 7.96. The number of amides is 3. The molecule has 0 aromatic heterocycles. The van der Waals surface area contributed by atoms with Crippen molar-refractivity contribution in [2.75, 3.05) is 38.2 Å². The highest BCUT2D eigenvalue weighted by Gasteiger charge is 2.51. The minimum absolute atomic E-state index is 0. The van der Waals surface area contributed by atoms with Crippen LogP contribution in [0.5, 0.6) is 0 Å². The number of benzene rings is 2. The van der Waals surface area contributed by atoms with Gasteiger partial charge in [0.05, 0.1) is 18.3 Å². The summed E-state index contributed by atoms with van der Waals surface area (Å²) < 4.78 is 19.7. The van der Waals surface area contributed by atoms with E-state index < -0.39 is 5.82 Å². The van der Waals surface area contributed by atoms with Crippen LogP contribution in [-0.4, -0.2) is 60.6 Å². The first-order chi connectivity index (χ1) is 16.4. The molecule has 184 valence electrons. The van der Waals surface area contributed by atoms with Gasteiger partial charge in [-0.2, -0.15) is 13.5 Å². The van der Waals surface area contributed by atoms with Gasteiger partial charge >= 0.3 is 6.03 Å². The van der Waals surface area contributed by atoms with Gasteiger partial charge in [0.15, 0.2) is 0 Å². The maximum Gasteiger partial charge on any atom is 0.321 e. The molecule has 1 spiro atoms. The van der Waals surface area contributed by atoms with Crippen LogP contribution in [0.4, 0.5) is 14.9 Å². The van der Waals surface area contributed by atoms with E-state index in [1.54, 1.807) is 23.1 Å². The average Bonchev–Trinajstić information content (AvgIpc) is 3.22. The number of piperidine rings is 1. The summed E-state index contributed by atoms with van der Waals surface area (Å²) in [6.07, 6.45) is 2.38. The van der Waals surface area contributed by atoms with E-state index in [-0.39, 0.29) is 49.2 Å². The lowest BCUT2D eigenvalue weighted by Crippen LogP contribution is -2.59. The fourth-order valence-electron chi connectivity index (χ4n) is 6.29. The highest BCUT2D eigenvalue weighted by molar-refractivity contribution is 7.59. The van der Waals surface area contributed by atoms with Crippen molar-refractivity contribution >= 4 is 36.7 Å². The summed E-state index contributed by atoms with van der Waals surface area (Å²) in [5, 5.41) is 2.71. The molecule has 0 bridgehead atoms. The van der Waals surface area contributed by atoms with Gasteiger partial charge in [-0.1, -0.05) is 35.9 Å². The van der Waals surface area contributed by atoms with Gasteiger partial charge in [0.2, 0.25) is 5.91 Å². The number of aryl methyl sites for hydroxylation is 1. The van der Waals surface area contributed by atoms with E-state index in [4.69, 9.17) is 4.74 Å². The Bertz CT molecular complexity index is 1220. The average molecular weight is 496 g/mol. The molecule has 2 saturated heterocycles. The first-order valence-corrected chi connectivity index (χ1v) is 12.0. The molecule has 3 heterocycles. The summed E-state index contributed by atoms with van der Waals surface area (Å²) in [5.74, 6) is -0.393. The predicted octanol–water partition coefficient (Wildman–Crippen LogP) is 4.11. The number of urea groups is 1. The van der Waals surface area contributed by atoms with Crippen molar-refractivity contribution in [1.29, 1.82) is 0 Å². The zero-order chi connectivity index (χ0) is 23.4. The second-order valence-corrected chi connectivity index (χ2v) is 9.97. The lowest BCUT2D eigenvalue weighted by atomic mass is 9.66. The van der Waals surface area contributed by atoms with E-state index in [0.29, 0.717) is 26.2 Å². The maximum atomic E-state index is 14.0. The lowest BCUT2D eigenvalue weighted by Gasteiger charge is -2.52. The first-order valence-electron chi connectivity index (χ1n) is 12.0. The quantitative estimate of drug-likeness (QED) is 0.648. The number of halogens is 1. The molecule has 3 aliphatic heterocycles. The third kappa shape index (κ3) is 3.93. The summed E-state index contributed by atoms with van der Waals surface area (Å²) in [7, 11) is 0. The number of ether oxygens (including phenoxy) is 1. The number of nitrogens with zero attached hydrogens (tertiary/aromatic N) is 2. The number of hydrogen-bond acceptors (Lipinski definition) is 3. The van der Waals surface area contributed by atoms with Gasteiger partial charge in [0.1, 0.15) is 12.4 Å². The number of nitrogens with one attached hydrogen (secondary N) is 1. The van der Waals surface area contributed by atoms with Crippen LogP contribution in [0, 0.1) is 18.2 Å². The van der Waals surface area contributed by atoms with Crippen molar-refractivity contribution in [1.82, 2.24) is 9.80 Å². The van der Waals surface area contributed by atoms with Crippen molar-refractivity contribution in [3.8, 4) is 0 Å². The number of anilines is 1. The Kier molecular flexibility index (Phi) is 6.13. The molecule has 2 aromatic carbocycles. The Balaban J connectivity index is 0.00000253. The topological polar surface area (TPSA) is 61.9 Å². The fourth-order valence-corrected chi connectivity index (χ4v) is 6.29. The van der Waals surface area contributed by atoms with Crippen LogP contribution in [0.3, 0.4) is 0 Å². The van der Waals surface area contributed by atoms with Crippen molar-refractivity contribution < 1.29 is 18.7 Å². The molecule has 3 amide bonds. The number of carbonyl (C=O) groups is 2. The molecule has 2 aromatic rings. The molecule has 1 aliphatic carbocycles. The molecule has 0 saturated carbocycles. The largest absolute Gasteiger partial charge is 0.369 e. The van der Waals surface area contributed by atoms with Crippen LogP contribution >= 0.6 is 13.5 Å². The second-order valence-electron chi connectivity index (χ2n) is 9.97. The van der Waals surface area contributed by atoms with E-state index in [1.807, 2.05) is 4.90 Å². The van der Waals surface area contributed by atoms with Gasteiger partial charge in [-0.25, -0.2) is 9.18 Å². The van der Waals surface area contributed by atoms with Gasteiger partial charge in [-0.15, -0.1) is 0 Å². The van der Waals surface area contributed by atoms with Gasteiger partial charge in [-0.3, -0.25) is 4.79 Å². The Morgan fingerprint density at radius 2 is 1.94 bits per heavy atom.